The zero-order valence-electron chi connectivity index (χ0n) is 14.5. The van der Waals surface area contributed by atoms with Crippen LogP contribution in [0.5, 0.6) is 0 Å². The Kier molecular flexibility index (Phi) is 4.95. The van der Waals surface area contributed by atoms with Crippen molar-refractivity contribution >= 4 is 23.1 Å². The van der Waals surface area contributed by atoms with Gasteiger partial charge in [0.05, 0.1) is 13.2 Å². The molecular formula is C21H21NOS2. The molecule has 4 heteroatoms. The topological polar surface area (TPSA) is 12.5 Å². The maximum absolute atomic E-state index is 5.88. The third-order valence-electron chi connectivity index (χ3n) is 4.24. The van der Waals surface area contributed by atoms with Crippen LogP contribution in [0.4, 0.5) is 0 Å². The van der Waals surface area contributed by atoms with Gasteiger partial charge in [-0.15, -0.1) is 11.3 Å². The van der Waals surface area contributed by atoms with Gasteiger partial charge in [0.25, 0.3) is 0 Å². The second kappa shape index (κ2) is 7.34. The first-order valence-corrected chi connectivity index (χ1v) is 10.1. The standard InChI is InChI=1S/C21H21NOS2/c1-22(2)11-12-23-14-15-13-18-16-7-3-5-9-19(16)25-20-10-6-4-8-17(20)21(18)24-15/h3-10,13H,11-12,14H2,1-2H3. The van der Waals surface area contributed by atoms with Crippen LogP contribution in [-0.4, -0.2) is 32.1 Å². The first-order valence-electron chi connectivity index (χ1n) is 8.44. The van der Waals surface area contributed by atoms with Gasteiger partial charge in [-0.05, 0) is 37.9 Å². The Morgan fingerprint density at radius 1 is 0.880 bits per heavy atom. The van der Waals surface area contributed by atoms with Gasteiger partial charge >= 0.3 is 0 Å². The van der Waals surface area contributed by atoms with Crippen molar-refractivity contribution in [3.63, 3.8) is 0 Å². The van der Waals surface area contributed by atoms with Gasteiger partial charge in [0.1, 0.15) is 0 Å². The molecule has 0 fully saturated rings. The molecule has 0 aliphatic carbocycles. The zero-order chi connectivity index (χ0) is 17.2. The Balaban J connectivity index is 1.71. The van der Waals surface area contributed by atoms with Crippen molar-refractivity contribution in [2.75, 3.05) is 27.2 Å². The molecule has 1 aliphatic heterocycles. The average Bonchev–Trinajstić information content (AvgIpc) is 2.98. The first-order chi connectivity index (χ1) is 12.2. The van der Waals surface area contributed by atoms with Crippen LogP contribution in [0.15, 0.2) is 64.4 Å². The molecule has 4 rings (SSSR count). The van der Waals surface area contributed by atoms with E-state index in [1.807, 2.05) is 23.1 Å². The predicted molar refractivity (Wildman–Crippen MR) is 108 cm³/mol. The van der Waals surface area contributed by atoms with Crippen molar-refractivity contribution in [1.82, 2.24) is 4.90 Å². The van der Waals surface area contributed by atoms with Crippen LogP contribution in [-0.2, 0) is 11.3 Å². The van der Waals surface area contributed by atoms with Gasteiger partial charge in [-0.2, -0.15) is 0 Å². The minimum atomic E-state index is 0.684. The van der Waals surface area contributed by atoms with Gasteiger partial charge in [-0.25, -0.2) is 0 Å². The molecule has 0 bridgehead atoms. The summed E-state index contributed by atoms with van der Waals surface area (Å²) >= 11 is 3.73. The van der Waals surface area contributed by atoms with E-state index >= 15 is 0 Å². The van der Waals surface area contributed by atoms with E-state index in [1.54, 1.807) is 0 Å². The molecule has 0 amide bonds. The number of fused-ring (bicyclic) bond motifs is 5. The smallest absolute Gasteiger partial charge is 0.0810 e. The second-order valence-electron chi connectivity index (χ2n) is 6.41. The van der Waals surface area contributed by atoms with Crippen LogP contribution in [0, 0.1) is 0 Å². The third-order valence-corrected chi connectivity index (χ3v) is 6.53. The number of benzene rings is 2. The van der Waals surface area contributed by atoms with E-state index in [9.17, 15) is 0 Å². The zero-order valence-corrected chi connectivity index (χ0v) is 16.1. The minimum Gasteiger partial charge on any atom is -0.375 e. The highest BCUT2D eigenvalue weighted by molar-refractivity contribution is 7.99. The van der Waals surface area contributed by atoms with Gasteiger partial charge in [-0.1, -0.05) is 48.2 Å². The van der Waals surface area contributed by atoms with E-state index in [0.29, 0.717) is 6.61 Å². The highest BCUT2D eigenvalue weighted by Gasteiger charge is 2.22. The van der Waals surface area contributed by atoms with Crippen molar-refractivity contribution in [3.05, 3.63) is 59.5 Å². The van der Waals surface area contributed by atoms with E-state index in [0.717, 1.165) is 13.2 Å². The van der Waals surface area contributed by atoms with E-state index in [4.69, 9.17) is 4.74 Å². The van der Waals surface area contributed by atoms with Crippen LogP contribution >= 0.6 is 23.1 Å². The Hall–Kier alpha value is -1.59. The largest absolute Gasteiger partial charge is 0.375 e. The minimum absolute atomic E-state index is 0.684. The predicted octanol–water partition coefficient (Wildman–Crippen LogP) is 5.62. The normalized spacial score (nSPS) is 12.4. The van der Waals surface area contributed by atoms with Crippen LogP contribution < -0.4 is 0 Å². The maximum Gasteiger partial charge on any atom is 0.0810 e. The van der Waals surface area contributed by atoms with Gasteiger partial charge in [0.15, 0.2) is 0 Å². The Morgan fingerprint density at radius 2 is 1.56 bits per heavy atom. The third kappa shape index (κ3) is 3.53. The molecule has 2 aromatic carbocycles. The maximum atomic E-state index is 5.88. The van der Waals surface area contributed by atoms with E-state index in [-0.39, 0.29) is 0 Å². The molecule has 0 spiro atoms. The first kappa shape index (κ1) is 16.9. The van der Waals surface area contributed by atoms with Gasteiger partial charge in [0.2, 0.25) is 0 Å². The Labute approximate surface area is 157 Å². The lowest BCUT2D eigenvalue weighted by molar-refractivity contribution is 0.107. The number of hydrogen-bond acceptors (Lipinski definition) is 4. The van der Waals surface area contributed by atoms with E-state index < -0.39 is 0 Å². The summed E-state index contributed by atoms with van der Waals surface area (Å²) < 4.78 is 5.88. The van der Waals surface area contributed by atoms with Crippen molar-refractivity contribution in [2.24, 2.45) is 0 Å². The SMILES string of the molecule is CN(C)CCOCc1cc2c(s1)-c1ccccc1Sc1ccccc1-2. The van der Waals surface area contributed by atoms with Crippen LogP contribution in [0.1, 0.15) is 4.88 Å². The van der Waals surface area contributed by atoms with Gasteiger partial charge in [-0.3, -0.25) is 0 Å². The summed E-state index contributed by atoms with van der Waals surface area (Å²) in [6, 6.07) is 19.7. The number of nitrogens with zero attached hydrogens (tertiary/aromatic N) is 1. The molecule has 25 heavy (non-hydrogen) atoms. The molecule has 0 N–H and O–H groups in total. The summed E-state index contributed by atoms with van der Waals surface area (Å²) in [5.41, 5.74) is 4.00. The monoisotopic (exact) mass is 367 g/mol. The molecular weight excluding hydrogens is 346 g/mol. The highest BCUT2D eigenvalue weighted by atomic mass is 32.2. The molecule has 0 unspecified atom stereocenters. The van der Waals surface area contributed by atoms with Crippen molar-refractivity contribution in [1.29, 1.82) is 0 Å². The van der Waals surface area contributed by atoms with Crippen LogP contribution in [0.3, 0.4) is 0 Å². The van der Waals surface area contributed by atoms with E-state index in [1.165, 1.54) is 36.2 Å². The fourth-order valence-electron chi connectivity index (χ4n) is 2.97. The average molecular weight is 368 g/mol. The number of thiophene rings is 1. The summed E-state index contributed by atoms with van der Waals surface area (Å²) in [7, 11) is 4.14. The number of rotatable bonds is 5. The lowest BCUT2D eigenvalue weighted by atomic mass is 10.0. The molecule has 1 aliphatic rings. The molecule has 0 radical (unpaired) electrons. The fourth-order valence-corrected chi connectivity index (χ4v) is 5.28. The highest BCUT2D eigenvalue weighted by Crippen LogP contribution is 2.50. The van der Waals surface area contributed by atoms with Crippen molar-refractivity contribution in [2.45, 2.75) is 16.4 Å². The lowest BCUT2D eigenvalue weighted by Gasteiger charge is -2.09. The van der Waals surface area contributed by atoms with Gasteiger partial charge < -0.3 is 9.64 Å². The van der Waals surface area contributed by atoms with Crippen LogP contribution in [0.25, 0.3) is 21.6 Å². The summed E-state index contributed by atoms with van der Waals surface area (Å²) in [5.74, 6) is 0. The molecule has 2 heterocycles. The van der Waals surface area contributed by atoms with Crippen molar-refractivity contribution < 1.29 is 4.74 Å². The Bertz CT molecular complexity index is 822. The summed E-state index contributed by atoms with van der Waals surface area (Å²) in [5, 5.41) is 0. The van der Waals surface area contributed by atoms with Crippen molar-refractivity contribution in [3.8, 4) is 21.6 Å². The lowest BCUT2D eigenvalue weighted by Crippen LogP contribution is -2.17. The molecule has 0 atom stereocenters. The number of hydrogen-bond donors (Lipinski definition) is 0. The van der Waals surface area contributed by atoms with Gasteiger partial charge in [0, 0.05) is 37.2 Å². The summed E-state index contributed by atoms with van der Waals surface area (Å²) in [6.07, 6.45) is 0. The van der Waals surface area contributed by atoms with Crippen LogP contribution in [0.2, 0.25) is 0 Å². The molecule has 0 saturated carbocycles. The summed E-state index contributed by atoms with van der Waals surface area (Å²) in [6.45, 7) is 2.40. The quantitative estimate of drug-likeness (QED) is 0.425. The molecule has 2 nitrogen and oxygen atoms in total. The Morgan fingerprint density at radius 3 is 2.32 bits per heavy atom. The number of ether oxygens (including phenoxy) is 1. The molecule has 3 aromatic rings. The molecule has 0 saturated heterocycles. The molecule has 1 aromatic heterocycles. The second-order valence-corrected chi connectivity index (χ2v) is 8.63. The summed E-state index contributed by atoms with van der Waals surface area (Å²) in [4.78, 5) is 7.45. The fraction of sp³-hybridized carbons (Fsp3) is 0.238. The van der Waals surface area contributed by atoms with E-state index in [2.05, 4.69) is 73.6 Å². The number of likely N-dealkylation sites (N-methyl/N-ethyl adjacent to an activating group) is 1. The molecule has 128 valence electrons.